The molecule has 59 heavy (non-hydrogen) atoms. The van der Waals surface area contributed by atoms with E-state index in [1.54, 1.807) is 0 Å². The number of para-hydroxylation sites is 5. The van der Waals surface area contributed by atoms with Crippen LogP contribution in [0.2, 0.25) is 0 Å². The Hall–Kier alpha value is -7.88. The highest BCUT2D eigenvalue weighted by atomic mass is 16.3. The van der Waals surface area contributed by atoms with Gasteiger partial charge < -0.3 is 13.9 Å². The fourth-order valence-corrected chi connectivity index (χ4v) is 9.36. The van der Waals surface area contributed by atoms with Crippen molar-refractivity contribution < 1.29 is 4.42 Å². The minimum absolute atomic E-state index is 0.876. The van der Waals surface area contributed by atoms with Crippen LogP contribution in [-0.4, -0.2) is 4.57 Å². The molecule has 12 aromatic rings. The highest BCUT2D eigenvalue weighted by molar-refractivity contribution is 6.15. The van der Waals surface area contributed by atoms with E-state index in [4.69, 9.17) is 4.42 Å². The zero-order valence-electron chi connectivity index (χ0n) is 32.1. The van der Waals surface area contributed by atoms with Crippen molar-refractivity contribution in [2.75, 3.05) is 4.90 Å². The molecule has 0 aliphatic rings. The molecule has 3 heteroatoms. The largest absolute Gasteiger partial charge is 0.456 e. The van der Waals surface area contributed by atoms with Gasteiger partial charge in [0.15, 0.2) is 0 Å². The van der Waals surface area contributed by atoms with Gasteiger partial charge in [-0.3, -0.25) is 0 Å². The van der Waals surface area contributed by atoms with Gasteiger partial charge in [-0.1, -0.05) is 152 Å². The summed E-state index contributed by atoms with van der Waals surface area (Å²) in [4.78, 5) is 2.45. The standard InChI is InChI=1S/C56H36N2O/c1-2-19-41-37(16-1)34-50(44-22-4-3-21-43(41)44)47-25-8-13-30-54(47)57(39-17-15-18-40(36-39)58-52-28-11-6-23-45(52)46-24-7-12-29-53(46)58)51-27-10-5-20-42(51)38-32-33-49-48-26-9-14-31-55(48)59-56(49)35-38/h1-36H. The molecule has 0 saturated heterocycles. The minimum atomic E-state index is 0.876. The number of aromatic nitrogens is 1. The topological polar surface area (TPSA) is 21.3 Å². The Kier molecular flexibility index (Phi) is 7.54. The lowest BCUT2D eigenvalue weighted by molar-refractivity contribution is 0.669. The van der Waals surface area contributed by atoms with Crippen LogP contribution in [0.3, 0.4) is 0 Å². The van der Waals surface area contributed by atoms with Crippen molar-refractivity contribution >= 4 is 82.4 Å². The average Bonchev–Trinajstić information content (AvgIpc) is 3.85. The third-order valence-electron chi connectivity index (χ3n) is 12.0. The maximum absolute atomic E-state index is 6.45. The second-order valence-electron chi connectivity index (χ2n) is 15.3. The molecule has 0 saturated carbocycles. The molecule has 0 bridgehead atoms. The molecule has 3 nitrogen and oxygen atoms in total. The predicted octanol–water partition coefficient (Wildman–Crippen LogP) is 15.8. The lowest BCUT2D eigenvalue weighted by atomic mass is 9.91. The smallest absolute Gasteiger partial charge is 0.136 e. The van der Waals surface area contributed by atoms with E-state index in [-0.39, 0.29) is 0 Å². The number of hydrogen-bond donors (Lipinski definition) is 0. The van der Waals surface area contributed by atoms with Gasteiger partial charge in [0.2, 0.25) is 0 Å². The zero-order chi connectivity index (χ0) is 38.9. The van der Waals surface area contributed by atoms with Crippen LogP contribution in [0.5, 0.6) is 0 Å². The van der Waals surface area contributed by atoms with Gasteiger partial charge in [0.05, 0.1) is 22.4 Å². The molecular weight excluding hydrogens is 717 g/mol. The van der Waals surface area contributed by atoms with E-state index >= 15 is 0 Å². The number of rotatable bonds is 6. The summed E-state index contributed by atoms with van der Waals surface area (Å²) in [7, 11) is 0. The van der Waals surface area contributed by atoms with E-state index in [2.05, 4.69) is 216 Å². The Labute approximate surface area is 341 Å². The van der Waals surface area contributed by atoms with Crippen LogP contribution in [0.1, 0.15) is 0 Å². The van der Waals surface area contributed by atoms with Crippen molar-refractivity contribution in [3.05, 3.63) is 218 Å². The quantitative estimate of drug-likeness (QED) is 0.158. The van der Waals surface area contributed by atoms with E-state index in [0.29, 0.717) is 0 Å². The Morgan fingerprint density at radius 1 is 0.339 bits per heavy atom. The first kappa shape index (κ1) is 33.3. The molecule has 0 amide bonds. The van der Waals surface area contributed by atoms with Crippen molar-refractivity contribution in [3.8, 4) is 27.9 Å². The molecule has 12 rings (SSSR count). The highest BCUT2D eigenvalue weighted by Gasteiger charge is 2.23. The number of benzene rings is 10. The maximum Gasteiger partial charge on any atom is 0.136 e. The average molecular weight is 753 g/mol. The van der Waals surface area contributed by atoms with Crippen molar-refractivity contribution in [3.63, 3.8) is 0 Å². The van der Waals surface area contributed by atoms with E-state index in [9.17, 15) is 0 Å². The van der Waals surface area contributed by atoms with Gasteiger partial charge in [-0.05, 0) is 99.4 Å². The van der Waals surface area contributed by atoms with E-state index in [1.165, 1.54) is 48.9 Å². The van der Waals surface area contributed by atoms with Gasteiger partial charge in [-0.2, -0.15) is 0 Å². The Morgan fingerprint density at radius 3 is 1.69 bits per heavy atom. The van der Waals surface area contributed by atoms with Crippen LogP contribution in [0.4, 0.5) is 17.1 Å². The number of hydrogen-bond acceptors (Lipinski definition) is 2. The molecule has 2 heterocycles. The molecule has 0 aliphatic carbocycles. The van der Waals surface area contributed by atoms with Crippen molar-refractivity contribution in [2.45, 2.75) is 0 Å². The third kappa shape index (κ3) is 5.29. The van der Waals surface area contributed by atoms with Crippen LogP contribution in [0.15, 0.2) is 223 Å². The second kappa shape index (κ2) is 13.4. The predicted molar refractivity (Wildman–Crippen MR) is 249 cm³/mol. The molecule has 2 aromatic heterocycles. The SMILES string of the molecule is c1cc(N(c2ccccc2-c2ccc3c(c2)oc2ccccc23)c2ccccc2-c2cc3ccccc3c3ccccc23)cc(-n2c3ccccc3c3ccccc32)c1. The molecule has 0 fully saturated rings. The van der Waals surface area contributed by atoms with E-state index in [1.807, 2.05) is 12.1 Å². The van der Waals surface area contributed by atoms with Crippen LogP contribution < -0.4 is 4.90 Å². The van der Waals surface area contributed by atoms with Crippen LogP contribution in [-0.2, 0) is 0 Å². The maximum atomic E-state index is 6.45. The molecule has 0 aliphatic heterocycles. The van der Waals surface area contributed by atoms with Gasteiger partial charge in [-0.25, -0.2) is 0 Å². The van der Waals surface area contributed by atoms with E-state index in [0.717, 1.165) is 61.4 Å². The lowest BCUT2D eigenvalue weighted by Gasteiger charge is -2.30. The Balaban J connectivity index is 1.13. The number of nitrogens with zero attached hydrogens (tertiary/aromatic N) is 2. The molecule has 0 N–H and O–H groups in total. The molecule has 10 aromatic carbocycles. The van der Waals surface area contributed by atoms with Crippen LogP contribution in [0, 0.1) is 0 Å². The summed E-state index contributed by atoms with van der Waals surface area (Å²) in [5.41, 5.74) is 13.0. The molecule has 276 valence electrons. The third-order valence-corrected chi connectivity index (χ3v) is 12.0. The highest BCUT2D eigenvalue weighted by Crippen LogP contribution is 2.48. The molecule has 0 atom stereocenters. The summed E-state index contributed by atoms with van der Waals surface area (Å²) in [5, 5.41) is 9.67. The summed E-state index contributed by atoms with van der Waals surface area (Å²) in [6, 6.07) is 78.9. The van der Waals surface area contributed by atoms with Gasteiger partial charge in [-0.15, -0.1) is 0 Å². The zero-order valence-corrected chi connectivity index (χ0v) is 32.1. The molecular formula is C56H36N2O. The summed E-state index contributed by atoms with van der Waals surface area (Å²) >= 11 is 0. The number of fused-ring (bicyclic) bond motifs is 9. The van der Waals surface area contributed by atoms with Crippen molar-refractivity contribution in [1.29, 1.82) is 0 Å². The fourth-order valence-electron chi connectivity index (χ4n) is 9.36. The van der Waals surface area contributed by atoms with Crippen LogP contribution in [0.25, 0.3) is 93.2 Å². The number of furan rings is 1. The molecule has 0 spiro atoms. The summed E-state index contributed by atoms with van der Waals surface area (Å²) in [6.45, 7) is 0. The summed E-state index contributed by atoms with van der Waals surface area (Å²) in [5.74, 6) is 0. The van der Waals surface area contributed by atoms with Gasteiger partial charge in [0.25, 0.3) is 0 Å². The lowest BCUT2D eigenvalue weighted by Crippen LogP contribution is -2.13. The van der Waals surface area contributed by atoms with Crippen molar-refractivity contribution in [1.82, 2.24) is 4.57 Å². The van der Waals surface area contributed by atoms with Crippen molar-refractivity contribution in [2.24, 2.45) is 0 Å². The second-order valence-corrected chi connectivity index (χ2v) is 15.3. The number of anilines is 3. The van der Waals surface area contributed by atoms with Crippen LogP contribution >= 0.6 is 0 Å². The van der Waals surface area contributed by atoms with Gasteiger partial charge in [0.1, 0.15) is 11.2 Å². The first-order valence-electron chi connectivity index (χ1n) is 20.2. The molecule has 0 unspecified atom stereocenters. The monoisotopic (exact) mass is 752 g/mol. The Bertz CT molecular complexity index is 3540. The Morgan fingerprint density at radius 2 is 0.915 bits per heavy atom. The minimum Gasteiger partial charge on any atom is -0.456 e. The first-order valence-corrected chi connectivity index (χ1v) is 20.2. The first-order chi connectivity index (χ1) is 29.3. The van der Waals surface area contributed by atoms with Gasteiger partial charge >= 0.3 is 0 Å². The van der Waals surface area contributed by atoms with E-state index < -0.39 is 0 Å². The normalized spacial score (nSPS) is 11.7. The fraction of sp³-hybridized carbons (Fsp3) is 0. The molecule has 0 radical (unpaired) electrons. The summed E-state index contributed by atoms with van der Waals surface area (Å²) < 4.78 is 8.85. The summed E-state index contributed by atoms with van der Waals surface area (Å²) in [6.07, 6.45) is 0. The van der Waals surface area contributed by atoms with Gasteiger partial charge in [0, 0.05) is 44.0 Å².